The second-order valence-electron chi connectivity index (χ2n) is 11.1. The van der Waals surface area contributed by atoms with E-state index in [1.165, 1.54) is 0 Å². The molecule has 0 aromatic heterocycles. The van der Waals surface area contributed by atoms with Crippen LogP contribution in [0.5, 0.6) is 23.0 Å². The van der Waals surface area contributed by atoms with E-state index < -0.39 is 0 Å². The Morgan fingerprint density at radius 3 is 0.636 bits per heavy atom. The highest BCUT2D eigenvalue weighted by atomic mass is 32.1. The number of thiol groups is 4. The predicted molar refractivity (Wildman–Crippen MR) is 194 cm³/mol. The van der Waals surface area contributed by atoms with E-state index in [1.807, 2.05) is 0 Å². The van der Waals surface area contributed by atoms with E-state index in [0.717, 1.165) is 89.8 Å². The lowest BCUT2D eigenvalue weighted by atomic mass is 9.88. The predicted octanol–water partition coefficient (Wildman–Crippen LogP) is 8.12. The molecule has 1 aliphatic rings. The van der Waals surface area contributed by atoms with Gasteiger partial charge in [0.15, 0.2) is 0 Å². The van der Waals surface area contributed by atoms with Crippen LogP contribution in [0.15, 0.2) is 48.5 Å². The van der Waals surface area contributed by atoms with E-state index in [-0.39, 0.29) is 0 Å². The molecule has 8 heteroatoms. The zero-order valence-corrected chi connectivity index (χ0v) is 29.3. The second-order valence-corrected chi connectivity index (χ2v) is 12.4. The van der Waals surface area contributed by atoms with Crippen molar-refractivity contribution in [2.45, 2.75) is 48.7 Å². The van der Waals surface area contributed by atoms with Gasteiger partial charge >= 0.3 is 0 Å². The van der Waals surface area contributed by atoms with Crippen molar-refractivity contribution in [1.82, 2.24) is 0 Å². The minimum atomic E-state index is 0.615. The molecular formula is C36H40O4S4. The largest absolute Gasteiger partial charge is 0.496 e. The second kappa shape index (κ2) is 14.7. The van der Waals surface area contributed by atoms with Gasteiger partial charge in [-0.05, 0) is 66.8 Å². The first-order valence-electron chi connectivity index (χ1n) is 14.6. The maximum absolute atomic E-state index is 6.15. The Labute approximate surface area is 283 Å². The molecule has 0 atom stereocenters. The summed E-state index contributed by atoms with van der Waals surface area (Å²) in [7, 11) is 6.99. The van der Waals surface area contributed by atoms with Crippen LogP contribution in [0.3, 0.4) is 0 Å². The Balaban J connectivity index is 1.87. The van der Waals surface area contributed by atoms with E-state index >= 15 is 0 Å². The highest BCUT2D eigenvalue weighted by Crippen LogP contribution is 2.40. The molecule has 232 valence electrons. The third-order valence-electron chi connectivity index (χ3n) is 8.28. The van der Waals surface area contributed by atoms with Crippen LogP contribution >= 0.6 is 50.5 Å². The van der Waals surface area contributed by atoms with Crippen molar-refractivity contribution in [3.8, 4) is 23.0 Å². The third-order valence-corrected chi connectivity index (χ3v) is 9.74. The molecule has 4 aromatic rings. The Bertz CT molecular complexity index is 1330. The summed E-state index contributed by atoms with van der Waals surface area (Å²) < 4.78 is 24.6. The standard InChI is InChI=1S/C36H40O4S4/c1-37-33-25-5-21(17-41)6-26(33)14-28-8-23(19-43)10-30(35(28)39-3)16-32-12-24(20-44)11-31(36(32)40-4)15-29-9-22(18-42)7-27(13-25)34(29)38-2/h5-12,41-44H,13-20H2,1-4H3. The van der Waals surface area contributed by atoms with Gasteiger partial charge in [-0.2, -0.15) is 50.5 Å². The van der Waals surface area contributed by atoms with E-state index in [0.29, 0.717) is 48.7 Å². The molecule has 0 saturated heterocycles. The van der Waals surface area contributed by atoms with Crippen molar-refractivity contribution in [3.05, 3.63) is 115 Å². The summed E-state index contributed by atoms with van der Waals surface area (Å²) in [6, 6.07) is 17.6. The van der Waals surface area contributed by atoms with E-state index in [2.05, 4.69) is 99.0 Å². The first kappa shape index (κ1) is 32.9. The molecule has 4 aromatic carbocycles. The lowest BCUT2D eigenvalue weighted by Crippen LogP contribution is -2.08. The molecule has 5 rings (SSSR count). The van der Waals surface area contributed by atoms with Gasteiger partial charge in [-0.1, -0.05) is 48.5 Å². The molecule has 0 fully saturated rings. The Hall–Kier alpha value is -2.52. The van der Waals surface area contributed by atoms with Crippen molar-refractivity contribution in [1.29, 1.82) is 0 Å². The summed E-state index contributed by atoms with van der Waals surface area (Å²) in [4.78, 5) is 0. The van der Waals surface area contributed by atoms with Gasteiger partial charge in [0.1, 0.15) is 23.0 Å². The Morgan fingerprint density at radius 1 is 0.364 bits per heavy atom. The molecule has 0 saturated carbocycles. The molecule has 0 aliphatic heterocycles. The molecule has 0 radical (unpaired) electrons. The molecule has 0 unspecified atom stereocenters. The van der Waals surface area contributed by atoms with Crippen LogP contribution in [-0.4, -0.2) is 28.4 Å². The fourth-order valence-electron chi connectivity index (χ4n) is 6.59. The Kier molecular flexibility index (Phi) is 11.0. The summed E-state index contributed by atoms with van der Waals surface area (Å²) >= 11 is 18.7. The van der Waals surface area contributed by atoms with Crippen LogP contribution in [0, 0.1) is 0 Å². The molecule has 1 aliphatic carbocycles. The molecular weight excluding hydrogens is 625 g/mol. The van der Waals surface area contributed by atoms with Crippen LogP contribution in [0.1, 0.15) is 66.8 Å². The topological polar surface area (TPSA) is 36.9 Å². The van der Waals surface area contributed by atoms with Crippen molar-refractivity contribution in [2.24, 2.45) is 0 Å². The summed E-state index contributed by atoms with van der Waals surface area (Å²) in [6.45, 7) is 0. The molecule has 0 N–H and O–H groups in total. The van der Waals surface area contributed by atoms with Crippen LogP contribution in [0.2, 0.25) is 0 Å². The van der Waals surface area contributed by atoms with Crippen molar-refractivity contribution in [3.63, 3.8) is 0 Å². The van der Waals surface area contributed by atoms with Gasteiger partial charge in [0.2, 0.25) is 0 Å². The van der Waals surface area contributed by atoms with Crippen LogP contribution in [0.4, 0.5) is 0 Å². The fourth-order valence-corrected chi connectivity index (χ4v) is 7.32. The number of ether oxygens (including phenoxy) is 4. The highest BCUT2D eigenvalue weighted by molar-refractivity contribution is 7.79. The highest BCUT2D eigenvalue weighted by Gasteiger charge is 2.23. The average molecular weight is 665 g/mol. The number of methoxy groups -OCH3 is 4. The Morgan fingerprint density at radius 2 is 0.523 bits per heavy atom. The maximum atomic E-state index is 6.15. The van der Waals surface area contributed by atoms with Gasteiger partial charge in [-0.15, -0.1) is 0 Å². The zero-order chi connectivity index (χ0) is 31.4. The lowest BCUT2D eigenvalue weighted by molar-refractivity contribution is 0.395. The number of hydrogen-bond donors (Lipinski definition) is 4. The monoisotopic (exact) mass is 664 g/mol. The molecule has 0 spiro atoms. The summed E-state index contributed by atoms with van der Waals surface area (Å²) in [6.07, 6.45) is 2.53. The molecule has 0 amide bonds. The first-order valence-corrected chi connectivity index (χ1v) is 17.1. The molecule has 8 bridgehead atoms. The molecule has 4 nitrogen and oxygen atoms in total. The molecule has 0 heterocycles. The smallest absolute Gasteiger partial charge is 0.125 e. The van der Waals surface area contributed by atoms with Crippen LogP contribution in [-0.2, 0) is 48.7 Å². The van der Waals surface area contributed by atoms with Gasteiger partial charge in [0, 0.05) is 48.7 Å². The van der Waals surface area contributed by atoms with Crippen molar-refractivity contribution >= 4 is 50.5 Å². The van der Waals surface area contributed by atoms with Crippen molar-refractivity contribution in [2.75, 3.05) is 28.4 Å². The van der Waals surface area contributed by atoms with E-state index in [9.17, 15) is 0 Å². The third kappa shape index (κ3) is 6.69. The maximum Gasteiger partial charge on any atom is 0.125 e. The number of rotatable bonds is 8. The summed E-state index contributed by atoms with van der Waals surface area (Å²) in [5, 5.41) is 0. The van der Waals surface area contributed by atoms with Gasteiger partial charge in [0.05, 0.1) is 28.4 Å². The number of benzene rings is 4. The average Bonchev–Trinajstić information content (AvgIpc) is 3.03. The number of hydrogen-bond acceptors (Lipinski definition) is 8. The van der Waals surface area contributed by atoms with E-state index in [4.69, 9.17) is 18.9 Å². The summed E-state index contributed by atoms with van der Waals surface area (Å²) in [5.74, 6) is 5.93. The minimum Gasteiger partial charge on any atom is -0.496 e. The van der Waals surface area contributed by atoms with Gasteiger partial charge in [-0.25, -0.2) is 0 Å². The molecule has 44 heavy (non-hydrogen) atoms. The minimum absolute atomic E-state index is 0.615. The van der Waals surface area contributed by atoms with Crippen LogP contribution < -0.4 is 18.9 Å². The lowest BCUT2D eigenvalue weighted by Gasteiger charge is -2.23. The SMILES string of the molecule is COc1c2cc(CS)cc1Cc1cc(CS)cc(c1OC)Cc1cc(CS)cc(c1OC)Cc1cc(CS)cc(c1OC)C2. The quantitative estimate of drug-likeness (QED) is 0.127. The van der Waals surface area contributed by atoms with Gasteiger partial charge in [0.25, 0.3) is 0 Å². The van der Waals surface area contributed by atoms with Crippen molar-refractivity contribution < 1.29 is 18.9 Å². The van der Waals surface area contributed by atoms with Gasteiger partial charge < -0.3 is 18.9 Å². The first-order chi connectivity index (χ1) is 21.4. The summed E-state index contributed by atoms with van der Waals surface area (Å²) in [5.41, 5.74) is 13.2. The number of fused-ring (bicyclic) bond motifs is 8. The fraction of sp³-hybridized carbons (Fsp3) is 0.333. The normalized spacial score (nSPS) is 12.5. The zero-order valence-electron chi connectivity index (χ0n) is 25.7. The van der Waals surface area contributed by atoms with E-state index in [1.54, 1.807) is 28.4 Å². The van der Waals surface area contributed by atoms with Crippen LogP contribution in [0.25, 0.3) is 0 Å². The van der Waals surface area contributed by atoms with Gasteiger partial charge in [-0.3, -0.25) is 0 Å².